The number of amides is 1. The molecule has 2 aliphatic heterocycles. The Morgan fingerprint density at radius 1 is 1.44 bits per heavy atom. The highest BCUT2D eigenvalue weighted by molar-refractivity contribution is 5.98. The number of carbonyl (C=O) groups excluding carboxylic acids is 1. The standard InChI is InChI=1S/C11H15NO4/c1-5-8(13)12-6(10(14)15)7(11(2,3)4)16-9(5)12/h5,9H,1-4H3,(H,14,15)/t5-,9+/m1/s1. The topological polar surface area (TPSA) is 66.8 Å². The van der Waals surface area contributed by atoms with Gasteiger partial charge in [-0.1, -0.05) is 20.8 Å². The van der Waals surface area contributed by atoms with E-state index < -0.39 is 17.6 Å². The quantitative estimate of drug-likeness (QED) is 0.680. The van der Waals surface area contributed by atoms with Crippen molar-refractivity contribution < 1.29 is 19.4 Å². The van der Waals surface area contributed by atoms with Crippen molar-refractivity contribution in [2.24, 2.45) is 11.3 Å². The SMILES string of the molecule is C[C@@H]1C(=O)N2C(C(=O)O)=C(C(C)(C)C)O[C@@H]12. The molecular formula is C11H15NO4. The maximum Gasteiger partial charge on any atom is 0.356 e. The maximum atomic E-state index is 11.6. The summed E-state index contributed by atoms with van der Waals surface area (Å²) in [5.41, 5.74) is -0.411. The number of nitrogens with zero attached hydrogens (tertiary/aromatic N) is 1. The summed E-state index contributed by atoms with van der Waals surface area (Å²) in [4.78, 5) is 24.0. The van der Waals surface area contributed by atoms with Crippen molar-refractivity contribution in [2.45, 2.75) is 33.9 Å². The zero-order valence-corrected chi connectivity index (χ0v) is 9.77. The summed E-state index contributed by atoms with van der Waals surface area (Å²) in [6.45, 7) is 7.35. The predicted octanol–water partition coefficient (Wildman–Crippen LogP) is 1.16. The number of carbonyl (C=O) groups is 2. The fourth-order valence-corrected chi connectivity index (χ4v) is 2.02. The van der Waals surface area contributed by atoms with Gasteiger partial charge in [0.15, 0.2) is 11.9 Å². The Labute approximate surface area is 93.7 Å². The van der Waals surface area contributed by atoms with Crippen LogP contribution in [0.4, 0.5) is 0 Å². The number of carboxylic acids is 1. The highest BCUT2D eigenvalue weighted by atomic mass is 16.5. The number of aliphatic carboxylic acids is 1. The van der Waals surface area contributed by atoms with Crippen LogP contribution < -0.4 is 0 Å². The molecule has 0 bridgehead atoms. The van der Waals surface area contributed by atoms with Crippen LogP contribution in [0.2, 0.25) is 0 Å². The lowest BCUT2D eigenvalue weighted by Gasteiger charge is -2.39. The lowest BCUT2D eigenvalue weighted by Crippen LogP contribution is -2.57. The van der Waals surface area contributed by atoms with Crippen LogP contribution in [-0.4, -0.2) is 28.1 Å². The van der Waals surface area contributed by atoms with Crippen LogP contribution in [0.3, 0.4) is 0 Å². The zero-order valence-electron chi connectivity index (χ0n) is 9.77. The highest BCUT2D eigenvalue weighted by Gasteiger charge is 2.56. The Bertz CT molecular complexity index is 405. The predicted molar refractivity (Wildman–Crippen MR) is 55.0 cm³/mol. The molecule has 1 saturated heterocycles. The van der Waals surface area contributed by atoms with Crippen molar-refractivity contribution in [3.63, 3.8) is 0 Å². The van der Waals surface area contributed by atoms with Gasteiger partial charge >= 0.3 is 5.97 Å². The number of hydrogen-bond acceptors (Lipinski definition) is 3. The summed E-state index contributed by atoms with van der Waals surface area (Å²) < 4.78 is 5.59. The van der Waals surface area contributed by atoms with Crippen LogP contribution in [-0.2, 0) is 14.3 Å². The van der Waals surface area contributed by atoms with E-state index in [1.54, 1.807) is 6.92 Å². The number of β-lactam (4-membered cyclic amide) rings is 1. The Kier molecular flexibility index (Phi) is 2.05. The molecule has 0 aliphatic carbocycles. The molecule has 0 aromatic carbocycles. The number of carboxylic acid groups (broad SMARTS) is 1. The van der Waals surface area contributed by atoms with Crippen LogP contribution in [0, 0.1) is 11.3 Å². The molecule has 2 rings (SSSR count). The number of rotatable bonds is 1. The van der Waals surface area contributed by atoms with Crippen molar-refractivity contribution in [1.82, 2.24) is 4.90 Å². The minimum Gasteiger partial charge on any atom is -0.476 e. The van der Waals surface area contributed by atoms with Crippen LogP contribution in [0.25, 0.3) is 0 Å². The van der Waals surface area contributed by atoms with E-state index >= 15 is 0 Å². The van der Waals surface area contributed by atoms with Crippen LogP contribution >= 0.6 is 0 Å². The summed E-state index contributed by atoms with van der Waals surface area (Å²) >= 11 is 0. The van der Waals surface area contributed by atoms with Gasteiger partial charge in [-0.25, -0.2) is 4.79 Å². The molecule has 0 spiro atoms. The summed E-state index contributed by atoms with van der Waals surface area (Å²) in [6, 6.07) is 0. The fourth-order valence-electron chi connectivity index (χ4n) is 2.02. The van der Waals surface area contributed by atoms with Gasteiger partial charge in [0.2, 0.25) is 5.91 Å². The third-order valence-electron chi connectivity index (χ3n) is 2.89. The first kappa shape index (κ1) is 11.0. The van der Waals surface area contributed by atoms with Gasteiger partial charge in [-0.3, -0.25) is 9.69 Å². The molecule has 16 heavy (non-hydrogen) atoms. The number of hydrogen-bond donors (Lipinski definition) is 1. The molecule has 1 N–H and O–H groups in total. The normalized spacial score (nSPS) is 28.8. The summed E-state index contributed by atoms with van der Waals surface area (Å²) in [7, 11) is 0. The smallest absolute Gasteiger partial charge is 0.356 e. The first-order chi connectivity index (χ1) is 7.25. The highest BCUT2D eigenvalue weighted by Crippen LogP contribution is 2.45. The monoisotopic (exact) mass is 225 g/mol. The van der Waals surface area contributed by atoms with E-state index in [0.29, 0.717) is 5.76 Å². The van der Waals surface area contributed by atoms with E-state index in [0.717, 1.165) is 0 Å². The zero-order chi connectivity index (χ0) is 12.2. The van der Waals surface area contributed by atoms with Gasteiger partial charge in [-0.15, -0.1) is 0 Å². The molecule has 1 fully saturated rings. The number of fused-ring (bicyclic) bond motifs is 1. The molecule has 0 saturated carbocycles. The minimum atomic E-state index is -1.10. The van der Waals surface area contributed by atoms with Gasteiger partial charge in [0.05, 0.1) is 5.92 Å². The molecule has 5 heteroatoms. The average Bonchev–Trinajstić information content (AvgIpc) is 2.52. The molecule has 2 atom stereocenters. The second-order valence-corrected chi connectivity index (χ2v) is 5.24. The number of ether oxygens (including phenoxy) is 1. The van der Waals surface area contributed by atoms with E-state index in [9.17, 15) is 9.59 Å². The van der Waals surface area contributed by atoms with E-state index in [-0.39, 0.29) is 17.5 Å². The summed E-state index contributed by atoms with van der Waals surface area (Å²) in [5.74, 6) is -1.15. The van der Waals surface area contributed by atoms with Crippen molar-refractivity contribution in [2.75, 3.05) is 0 Å². The first-order valence-electron chi connectivity index (χ1n) is 5.23. The van der Waals surface area contributed by atoms with Crippen LogP contribution in [0.1, 0.15) is 27.7 Å². The third-order valence-corrected chi connectivity index (χ3v) is 2.89. The molecule has 2 heterocycles. The van der Waals surface area contributed by atoms with E-state index in [1.807, 2.05) is 20.8 Å². The van der Waals surface area contributed by atoms with Crippen LogP contribution in [0.15, 0.2) is 11.5 Å². The van der Waals surface area contributed by atoms with Gasteiger partial charge in [0.1, 0.15) is 5.76 Å². The van der Waals surface area contributed by atoms with Crippen LogP contribution in [0.5, 0.6) is 0 Å². The second kappa shape index (κ2) is 2.99. The van der Waals surface area contributed by atoms with Crippen molar-refractivity contribution >= 4 is 11.9 Å². The van der Waals surface area contributed by atoms with Gasteiger partial charge in [0, 0.05) is 5.41 Å². The van der Waals surface area contributed by atoms with Gasteiger partial charge in [0.25, 0.3) is 0 Å². The lowest BCUT2D eigenvalue weighted by atomic mass is 9.92. The Hall–Kier alpha value is -1.52. The molecule has 88 valence electrons. The Morgan fingerprint density at radius 3 is 2.44 bits per heavy atom. The third kappa shape index (κ3) is 1.24. The van der Waals surface area contributed by atoms with E-state index in [2.05, 4.69) is 0 Å². The molecule has 1 amide bonds. The molecule has 5 nitrogen and oxygen atoms in total. The molecule has 0 aromatic rings. The average molecular weight is 225 g/mol. The van der Waals surface area contributed by atoms with Crippen molar-refractivity contribution in [3.05, 3.63) is 11.5 Å². The van der Waals surface area contributed by atoms with E-state index in [4.69, 9.17) is 9.84 Å². The summed E-state index contributed by atoms with van der Waals surface area (Å²) in [5, 5.41) is 9.14. The molecule has 0 aromatic heterocycles. The minimum absolute atomic E-state index is 0.000556. The molecule has 0 unspecified atom stereocenters. The van der Waals surface area contributed by atoms with Crippen molar-refractivity contribution in [1.29, 1.82) is 0 Å². The number of allylic oxidation sites excluding steroid dienone is 1. The largest absolute Gasteiger partial charge is 0.476 e. The van der Waals surface area contributed by atoms with Crippen molar-refractivity contribution in [3.8, 4) is 0 Å². The summed E-state index contributed by atoms with van der Waals surface area (Å²) in [6.07, 6.45) is -0.423. The fraction of sp³-hybridized carbons (Fsp3) is 0.636. The maximum absolute atomic E-state index is 11.6. The lowest BCUT2D eigenvalue weighted by molar-refractivity contribution is -0.170. The molecular weight excluding hydrogens is 210 g/mol. The Morgan fingerprint density at radius 2 is 2.00 bits per heavy atom. The van der Waals surface area contributed by atoms with Gasteiger partial charge in [-0.05, 0) is 6.92 Å². The van der Waals surface area contributed by atoms with E-state index in [1.165, 1.54) is 4.90 Å². The Balaban J connectivity index is 2.45. The first-order valence-corrected chi connectivity index (χ1v) is 5.23. The molecule has 0 radical (unpaired) electrons. The molecule has 2 aliphatic rings. The van der Waals surface area contributed by atoms with Gasteiger partial charge < -0.3 is 9.84 Å². The second-order valence-electron chi connectivity index (χ2n) is 5.24. The van der Waals surface area contributed by atoms with Gasteiger partial charge in [-0.2, -0.15) is 0 Å².